The van der Waals surface area contributed by atoms with Crippen LogP contribution in [0.3, 0.4) is 0 Å². The molecule has 0 spiro atoms. The lowest BCUT2D eigenvalue weighted by atomic mass is 10.1. The van der Waals surface area contributed by atoms with Crippen molar-refractivity contribution in [2.75, 3.05) is 11.9 Å². The summed E-state index contributed by atoms with van der Waals surface area (Å²) in [6.07, 6.45) is 1.43. The number of nitrogens with one attached hydrogen (secondary N) is 2. The number of hydrogen-bond acceptors (Lipinski definition) is 4. The summed E-state index contributed by atoms with van der Waals surface area (Å²) in [5, 5.41) is 10.4. The fourth-order valence-electron chi connectivity index (χ4n) is 2.94. The number of hydrazone groups is 1. The lowest BCUT2D eigenvalue weighted by molar-refractivity contribution is -0.119. The van der Waals surface area contributed by atoms with Crippen molar-refractivity contribution in [3.05, 3.63) is 88.6 Å². The lowest BCUT2D eigenvalue weighted by Crippen LogP contribution is -2.25. The highest BCUT2D eigenvalue weighted by Crippen LogP contribution is 2.31. The standard InChI is InChI=1S/C23H17Cl2N3O2/c24-17-6-9-21(25)20(12-17)22-10-8-19(30-22)13-27-28-23(29)14-26-18-7-5-15-3-1-2-4-16(15)11-18/h1-13,26H,14H2,(H,28,29). The van der Waals surface area contributed by atoms with Crippen LogP contribution < -0.4 is 10.7 Å². The van der Waals surface area contributed by atoms with Crippen LogP contribution in [0.25, 0.3) is 22.1 Å². The van der Waals surface area contributed by atoms with Gasteiger partial charge < -0.3 is 9.73 Å². The van der Waals surface area contributed by atoms with Crippen LogP contribution in [0.5, 0.6) is 0 Å². The first-order chi connectivity index (χ1) is 14.6. The summed E-state index contributed by atoms with van der Waals surface area (Å²) in [5.74, 6) is 0.765. The Kier molecular flexibility index (Phi) is 6.02. The Balaban J connectivity index is 1.32. The third kappa shape index (κ3) is 4.82. The molecule has 1 heterocycles. The first-order valence-electron chi connectivity index (χ1n) is 9.18. The van der Waals surface area contributed by atoms with Gasteiger partial charge in [0.25, 0.3) is 5.91 Å². The minimum Gasteiger partial charge on any atom is -0.455 e. The molecule has 0 aliphatic rings. The molecule has 0 aliphatic heterocycles. The molecule has 3 aromatic carbocycles. The number of carbonyl (C=O) groups excluding carboxylic acids is 1. The summed E-state index contributed by atoms with van der Waals surface area (Å²) < 4.78 is 5.70. The van der Waals surface area contributed by atoms with E-state index in [1.54, 1.807) is 30.3 Å². The van der Waals surface area contributed by atoms with Crippen molar-refractivity contribution in [3.63, 3.8) is 0 Å². The maximum Gasteiger partial charge on any atom is 0.259 e. The van der Waals surface area contributed by atoms with Crippen molar-refractivity contribution in [1.29, 1.82) is 0 Å². The normalized spacial score (nSPS) is 11.1. The van der Waals surface area contributed by atoms with Crippen molar-refractivity contribution in [2.45, 2.75) is 0 Å². The van der Waals surface area contributed by atoms with Gasteiger partial charge in [0, 0.05) is 16.3 Å². The third-order valence-electron chi connectivity index (χ3n) is 4.40. The van der Waals surface area contributed by atoms with E-state index in [0.717, 1.165) is 16.5 Å². The molecule has 7 heteroatoms. The molecule has 0 bridgehead atoms. The molecule has 4 aromatic rings. The molecule has 30 heavy (non-hydrogen) atoms. The van der Waals surface area contributed by atoms with Gasteiger partial charge in [0.2, 0.25) is 0 Å². The quantitative estimate of drug-likeness (QED) is 0.288. The number of anilines is 1. The predicted molar refractivity (Wildman–Crippen MR) is 122 cm³/mol. The van der Waals surface area contributed by atoms with E-state index in [1.165, 1.54) is 6.21 Å². The van der Waals surface area contributed by atoms with Gasteiger partial charge in [-0.15, -0.1) is 0 Å². The van der Waals surface area contributed by atoms with E-state index in [1.807, 2.05) is 42.5 Å². The fraction of sp³-hybridized carbons (Fsp3) is 0.0435. The summed E-state index contributed by atoms with van der Waals surface area (Å²) >= 11 is 12.2. The van der Waals surface area contributed by atoms with Crippen LogP contribution in [0.4, 0.5) is 5.69 Å². The second-order valence-electron chi connectivity index (χ2n) is 6.53. The van der Waals surface area contributed by atoms with E-state index < -0.39 is 0 Å². The van der Waals surface area contributed by atoms with Gasteiger partial charge in [-0.05, 0) is 53.2 Å². The van der Waals surface area contributed by atoms with E-state index in [4.69, 9.17) is 27.6 Å². The average molecular weight is 438 g/mol. The first kappa shape index (κ1) is 20.0. The van der Waals surface area contributed by atoms with E-state index in [-0.39, 0.29) is 12.5 Å². The number of furan rings is 1. The first-order valence-corrected chi connectivity index (χ1v) is 9.94. The largest absolute Gasteiger partial charge is 0.455 e. The number of carbonyl (C=O) groups is 1. The van der Waals surface area contributed by atoms with Crippen LogP contribution in [-0.4, -0.2) is 18.7 Å². The lowest BCUT2D eigenvalue weighted by Gasteiger charge is -2.06. The summed E-state index contributed by atoms with van der Waals surface area (Å²) in [7, 11) is 0. The van der Waals surface area contributed by atoms with Crippen LogP contribution in [0.2, 0.25) is 10.0 Å². The maximum absolute atomic E-state index is 12.0. The van der Waals surface area contributed by atoms with E-state index in [0.29, 0.717) is 27.1 Å². The monoisotopic (exact) mass is 437 g/mol. The highest BCUT2D eigenvalue weighted by Gasteiger charge is 2.09. The van der Waals surface area contributed by atoms with Gasteiger partial charge >= 0.3 is 0 Å². The smallest absolute Gasteiger partial charge is 0.259 e. The Labute approximate surface area is 183 Å². The Hall–Kier alpha value is -3.28. The summed E-state index contributed by atoms with van der Waals surface area (Å²) in [6, 6.07) is 22.6. The van der Waals surface area contributed by atoms with Crippen LogP contribution in [-0.2, 0) is 4.79 Å². The number of hydrogen-bond donors (Lipinski definition) is 2. The molecule has 0 saturated heterocycles. The minimum atomic E-state index is -0.274. The number of amides is 1. The SMILES string of the molecule is O=C(CNc1ccc2ccccc2c1)NN=Cc1ccc(-c2cc(Cl)ccc2Cl)o1. The molecule has 0 fully saturated rings. The van der Waals surface area contributed by atoms with E-state index in [2.05, 4.69) is 15.8 Å². The van der Waals surface area contributed by atoms with Gasteiger partial charge in [0.15, 0.2) is 0 Å². The molecule has 0 unspecified atom stereocenters. The van der Waals surface area contributed by atoms with Crippen LogP contribution in [0.1, 0.15) is 5.76 Å². The molecule has 0 radical (unpaired) electrons. The van der Waals surface area contributed by atoms with E-state index in [9.17, 15) is 4.79 Å². The minimum absolute atomic E-state index is 0.0945. The van der Waals surface area contributed by atoms with Crippen molar-refractivity contribution in [1.82, 2.24) is 5.43 Å². The van der Waals surface area contributed by atoms with Crippen LogP contribution >= 0.6 is 23.2 Å². The zero-order chi connectivity index (χ0) is 20.9. The number of fused-ring (bicyclic) bond motifs is 1. The second kappa shape index (κ2) is 9.03. The van der Waals surface area contributed by atoms with E-state index >= 15 is 0 Å². The van der Waals surface area contributed by atoms with Crippen molar-refractivity contribution in [2.24, 2.45) is 5.10 Å². The zero-order valence-electron chi connectivity index (χ0n) is 15.7. The van der Waals surface area contributed by atoms with Gasteiger partial charge in [-0.25, -0.2) is 5.43 Å². The Morgan fingerprint density at radius 2 is 1.80 bits per heavy atom. The molecule has 0 aliphatic carbocycles. The molecular formula is C23H17Cl2N3O2. The summed E-state index contributed by atoms with van der Waals surface area (Å²) in [5.41, 5.74) is 4.02. The van der Waals surface area contributed by atoms with Gasteiger partial charge in [-0.2, -0.15) is 5.10 Å². The van der Waals surface area contributed by atoms with Gasteiger partial charge in [0.1, 0.15) is 11.5 Å². The topological polar surface area (TPSA) is 66.6 Å². The Bertz CT molecular complexity index is 1230. The molecule has 0 atom stereocenters. The number of halogens is 2. The number of benzene rings is 3. The molecular weight excluding hydrogens is 421 g/mol. The van der Waals surface area contributed by atoms with Gasteiger partial charge in [0.05, 0.1) is 17.8 Å². The summed E-state index contributed by atoms with van der Waals surface area (Å²) in [6.45, 7) is 0.0945. The molecule has 150 valence electrons. The molecule has 0 saturated carbocycles. The van der Waals surface area contributed by atoms with Gasteiger partial charge in [-0.3, -0.25) is 4.79 Å². The van der Waals surface area contributed by atoms with Crippen LogP contribution in [0.15, 0.2) is 82.3 Å². The van der Waals surface area contributed by atoms with Crippen molar-refractivity contribution >= 4 is 51.8 Å². The molecule has 4 rings (SSSR count). The maximum atomic E-state index is 12.0. The van der Waals surface area contributed by atoms with Crippen molar-refractivity contribution < 1.29 is 9.21 Å². The second-order valence-corrected chi connectivity index (χ2v) is 7.38. The molecule has 1 aromatic heterocycles. The highest BCUT2D eigenvalue weighted by atomic mass is 35.5. The average Bonchev–Trinajstić information content (AvgIpc) is 3.22. The number of rotatable bonds is 6. The fourth-order valence-corrected chi connectivity index (χ4v) is 3.33. The molecule has 5 nitrogen and oxygen atoms in total. The van der Waals surface area contributed by atoms with Crippen molar-refractivity contribution in [3.8, 4) is 11.3 Å². The number of nitrogens with zero attached hydrogens (tertiary/aromatic N) is 1. The third-order valence-corrected chi connectivity index (χ3v) is 4.97. The Morgan fingerprint density at radius 3 is 2.67 bits per heavy atom. The van der Waals surface area contributed by atoms with Crippen LogP contribution in [0, 0.1) is 0 Å². The molecule has 2 N–H and O–H groups in total. The molecule has 1 amide bonds. The highest BCUT2D eigenvalue weighted by molar-refractivity contribution is 6.35. The summed E-state index contributed by atoms with van der Waals surface area (Å²) in [4.78, 5) is 12.0. The van der Waals surface area contributed by atoms with Gasteiger partial charge in [-0.1, -0.05) is 53.5 Å². The predicted octanol–water partition coefficient (Wildman–Crippen LogP) is 5.97. The Morgan fingerprint density at radius 1 is 0.967 bits per heavy atom. The zero-order valence-corrected chi connectivity index (χ0v) is 17.2.